The highest BCUT2D eigenvalue weighted by molar-refractivity contribution is 5.89. The zero-order chi connectivity index (χ0) is 15.8. The summed E-state index contributed by atoms with van der Waals surface area (Å²) in [4.78, 5) is 11.3. The quantitative estimate of drug-likeness (QED) is 0.804. The van der Waals surface area contributed by atoms with Crippen LogP contribution in [0.4, 0.5) is 11.4 Å². The Morgan fingerprint density at radius 3 is 2.78 bits per heavy atom. The van der Waals surface area contributed by atoms with E-state index in [2.05, 4.69) is 65.3 Å². The van der Waals surface area contributed by atoms with Gasteiger partial charge in [-0.2, -0.15) is 0 Å². The van der Waals surface area contributed by atoms with Crippen molar-refractivity contribution in [2.45, 2.75) is 25.3 Å². The Balaban J connectivity index is 1.73. The smallest absolute Gasteiger partial charge is 0.221 e. The van der Waals surface area contributed by atoms with Crippen molar-refractivity contribution in [1.29, 1.82) is 0 Å². The van der Waals surface area contributed by atoms with Crippen LogP contribution < -0.4 is 10.6 Å². The minimum atomic E-state index is -0.0330. The van der Waals surface area contributed by atoms with Gasteiger partial charge in [0, 0.05) is 24.2 Å². The van der Waals surface area contributed by atoms with Crippen molar-refractivity contribution in [3.05, 3.63) is 71.8 Å². The topological polar surface area (TPSA) is 41.1 Å². The van der Waals surface area contributed by atoms with Crippen molar-refractivity contribution in [3.63, 3.8) is 0 Å². The molecule has 3 heteroatoms. The minimum Gasteiger partial charge on any atom is -0.378 e. The van der Waals surface area contributed by atoms with Gasteiger partial charge < -0.3 is 10.6 Å². The van der Waals surface area contributed by atoms with Crippen LogP contribution in [-0.2, 0) is 4.79 Å². The van der Waals surface area contributed by atoms with Crippen LogP contribution in [0.15, 0.2) is 60.7 Å². The standard InChI is InChI=1S/C20H20N2O/c1-13(23)21-15-10-11-19-18(12-15)16-8-5-9-17(16)20(22-19)14-6-3-2-4-7-14/h2-8,10-12,16-17,20,22H,9H2,1H3,(H,21,23)/t16-,17-,20-/m0/s1. The molecule has 3 nitrogen and oxygen atoms in total. The molecule has 0 saturated carbocycles. The van der Waals surface area contributed by atoms with E-state index in [4.69, 9.17) is 0 Å². The van der Waals surface area contributed by atoms with Crippen LogP contribution >= 0.6 is 0 Å². The Morgan fingerprint density at radius 2 is 2.00 bits per heavy atom. The summed E-state index contributed by atoms with van der Waals surface area (Å²) in [5.74, 6) is 0.900. The maximum Gasteiger partial charge on any atom is 0.221 e. The highest BCUT2D eigenvalue weighted by Gasteiger charge is 2.37. The number of nitrogens with one attached hydrogen (secondary N) is 2. The summed E-state index contributed by atoms with van der Waals surface area (Å²) < 4.78 is 0. The largest absolute Gasteiger partial charge is 0.378 e. The van der Waals surface area contributed by atoms with Gasteiger partial charge in [0.15, 0.2) is 0 Å². The molecule has 1 aliphatic heterocycles. The Labute approximate surface area is 136 Å². The van der Waals surface area contributed by atoms with Gasteiger partial charge in [-0.15, -0.1) is 0 Å². The number of hydrogen-bond donors (Lipinski definition) is 2. The molecule has 0 unspecified atom stereocenters. The molecule has 0 saturated heterocycles. The summed E-state index contributed by atoms with van der Waals surface area (Å²) in [6, 6.07) is 17.1. The fraction of sp³-hybridized carbons (Fsp3) is 0.250. The van der Waals surface area contributed by atoms with Crippen LogP contribution in [0, 0.1) is 5.92 Å². The molecule has 0 fully saturated rings. The molecule has 2 aromatic carbocycles. The number of allylic oxidation sites excluding steroid dienone is 2. The van der Waals surface area contributed by atoms with Crippen LogP contribution in [0.3, 0.4) is 0 Å². The Morgan fingerprint density at radius 1 is 1.17 bits per heavy atom. The molecule has 2 aliphatic rings. The van der Waals surface area contributed by atoms with E-state index in [9.17, 15) is 4.79 Å². The van der Waals surface area contributed by atoms with E-state index in [-0.39, 0.29) is 5.91 Å². The maximum absolute atomic E-state index is 11.3. The van der Waals surface area contributed by atoms with E-state index in [1.807, 2.05) is 6.07 Å². The van der Waals surface area contributed by atoms with Gasteiger partial charge >= 0.3 is 0 Å². The molecule has 1 heterocycles. The Bertz CT molecular complexity index is 766. The first-order chi connectivity index (χ1) is 11.2. The number of carbonyl (C=O) groups excluding carboxylic acids is 1. The number of anilines is 2. The van der Waals surface area contributed by atoms with E-state index >= 15 is 0 Å². The van der Waals surface area contributed by atoms with Crippen LogP contribution in [-0.4, -0.2) is 5.91 Å². The van der Waals surface area contributed by atoms with Crippen molar-refractivity contribution in [2.75, 3.05) is 10.6 Å². The molecule has 1 aliphatic carbocycles. The molecule has 0 bridgehead atoms. The van der Waals surface area contributed by atoms with Gasteiger partial charge in [-0.05, 0) is 41.7 Å². The number of benzene rings is 2. The van der Waals surface area contributed by atoms with E-state index in [0.29, 0.717) is 17.9 Å². The number of amides is 1. The molecule has 0 spiro atoms. The second-order valence-corrected chi connectivity index (χ2v) is 6.37. The molecule has 3 atom stereocenters. The number of fused-ring (bicyclic) bond motifs is 3. The number of carbonyl (C=O) groups is 1. The van der Waals surface area contributed by atoms with Crippen molar-refractivity contribution < 1.29 is 4.79 Å². The first-order valence-corrected chi connectivity index (χ1v) is 8.12. The lowest BCUT2D eigenvalue weighted by atomic mass is 9.77. The molecule has 0 aromatic heterocycles. The molecular weight excluding hydrogens is 284 g/mol. The predicted octanol–water partition coefficient (Wildman–Crippen LogP) is 4.47. The summed E-state index contributed by atoms with van der Waals surface area (Å²) in [7, 11) is 0. The average Bonchev–Trinajstić information content (AvgIpc) is 3.04. The summed E-state index contributed by atoms with van der Waals surface area (Å²) in [6.07, 6.45) is 5.69. The maximum atomic E-state index is 11.3. The average molecular weight is 304 g/mol. The minimum absolute atomic E-state index is 0.0330. The first-order valence-electron chi connectivity index (χ1n) is 8.12. The fourth-order valence-electron chi connectivity index (χ4n) is 3.87. The number of hydrogen-bond acceptors (Lipinski definition) is 2. The van der Waals surface area contributed by atoms with E-state index in [0.717, 1.165) is 12.1 Å². The summed E-state index contributed by atoms with van der Waals surface area (Å²) in [5, 5.41) is 6.60. The molecule has 0 radical (unpaired) electrons. The van der Waals surface area contributed by atoms with Gasteiger partial charge in [0.1, 0.15) is 0 Å². The fourth-order valence-corrected chi connectivity index (χ4v) is 3.87. The summed E-state index contributed by atoms with van der Waals surface area (Å²) >= 11 is 0. The van der Waals surface area contributed by atoms with Crippen LogP contribution in [0.1, 0.15) is 36.4 Å². The lowest BCUT2D eigenvalue weighted by molar-refractivity contribution is -0.114. The van der Waals surface area contributed by atoms with Crippen molar-refractivity contribution in [2.24, 2.45) is 5.92 Å². The lowest BCUT2D eigenvalue weighted by Crippen LogP contribution is -2.29. The van der Waals surface area contributed by atoms with Gasteiger partial charge in [-0.3, -0.25) is 4.79 Å². The van der Waals surface area contributed by atoms with Crippen LogP contribution in [0.25, 0.3) is 0 Å². The van der Waals surface area contributed by atoms with Crippen molar-refractivity contribution in [1.82, 2.24) is 0 Å². The van der Waals surface area contributed by atoms with Crippen molar-refractivity contribution in [3.8, 4) is 0 Å². The van der Waals surface area contributed by atoms with Gasteiger partial charge in [0.25, 0.3) is 0 Å². The highest BCUT2D eigenvalue weighted by Crippen LogP contribution is 2.50. The second-order valence-electron chi connectivity index (χ2n) is 6.37. The third-order valence-corrected chi connectivity index (χ3v) is 4.84. The van der Waals surface area contributed by atoms with Crippen molar-refractivity contribution >= 4 is 17.3 Å². The summed E-state index contributed by atoms with van der Waals surface area (Å²) in [5.41, 5.74) is 4.65. The molecule has 2 aromatic rings. The van der Waals surface area contributed by atoms with Gasteiger partial charge in [0.2, 0.25) is 5.91 Å². The van der Waals surface area contributed by atoms with E-state index in [1.54, 1.807) is 6.92 Å². The van der Waals surface area contributed by atoms with Gasteiger partial charge in [0.05, 0.1) is 6.04 Å². The molecule has 2 N–H and O–H groups in total. The molecular formula is C20H20N2O. The second kappa shape index (κ2) is 5.58. The van der Waals surface area contributed by atoms with Gasteiger partial charge in [-0.1, -0.05) is 42.5 Å². The Kier molecular flexibility index (Phi) is 3.41. The first kappa shape index (κ1) is 14.1. The summed E-state index contributed by atoms with van der Waals surface area (Å²) in [6.45, 7) is 1.54. The lowest BCUT2D eigenvalue weighted by Gasteiger charge is -2.37. The molecule has 4 rings (SSSR count). The van der Waals surface area contributed by atoms with Crippen LogP contribution in [0.2, 0.25) is 0 Å². The predicted molar refractivity (Wildman–Crippen MR) is 93.5 cm³/mol. The third-order valence-electron chi connectivity index (χ3n) is 4.84. The normalized spacial score (nSPS) is 24.5. The van der Waals surface area contributed by atoms with Crippen LogP contribution in [0.5, 0.6) is 0 Å². The molecule has 1 amide bonds. The van der Waals surface area contributed by atoms with Gasteiger partial charge in [-0.25, -0.2) is 0 Å². The highest BCUT2D eigenvalue weighted by atomic mass is 16.1. The van der Waals surface area contributed by atoms with E-state index < -0.39 is 0 Å². The monoisotopic (exact) mass is 304 g/mol. The third kappa shape index (κ3) is 2.52. The zero-order valence-corrected chi connectivity index (χ0v) is 13.1. The molecule has 23 heavy (non-hydrogen) atoms. The number of rotatable bonds is 2. The zero-order valence-electron chi connectivity index (χ0n) is 13.1. The molecule has 116 valence electrons. The Hall–Kier alpha value is -2.55. The SMILES string of the molecule is CC(=O)Nc1ccc2c(c1)[C@H]1C=CC[C@@H]1[C@H](c1ccccc1)N2. The van der Waals surface area contributed by atoms with E-state index in [1.165, 1.54) is 16.8 Å².